The zero-order valence-corrected chi connectivity index (χ0v) is 16.5. The van der Waals surface area contributed by atoms with Gasteiger partial charge in [-0.1, -0.05) is 24.6 Å². The molecule has 4 nitrogen and oxygen atoms in total. The molecule has 0 unspecified atom stereocenters. The first-order valence-corrected chi connectivity index (χ1v) is 10.8. The molecule has 1 saturated heterocycles. The lowest BCUT2D eigenvalue weighted by Gasteiger charge is -2.38. The third kappa shape index (κ3) is 3.41. The Bertz CT molecular complexity index is 632. The van der Waals surface area contributed by atoms with Crippen molar-refractivity contribution in [1.82, 2.24) is 0 Å². The van der Waals surface area contributed by atoms with Crippen molar-refractivity contribution in [1.29, 1.82) is 0 Å². The fraction of sp³-hybridized carbons (Fsp3) is 0.682. The average molecular weight is 358 g/mol. The van der Waals surface area contributed by atoms with Crippen LogP contribution >= 0.6 is 0 Å². The van der Waals surface area contributed by atoms with E-state index in [0.717, 1.165) is 31.2 Å². The molecule has 1 aromatic rings. The lowest BCUT2D eigenvalue weighted by Crippen LogP contribution is -3.31. The number of nitrogens with one attached hydrogen (secondary N) is 2. The smallest absolute Gasteiger partial charge is 0.285 e. The van der Waals surface area contributed by atoms with Crippen LogP contribution in [-0.2, 0) is 11.2 Å². The number of para-hydroxylation sites is 1. The van der Waals surface area contributed by atoms with Crippen molar-refractivity contribution in [2.24, 2.45) is 0 Å². The number of piperazine rings is 1. The van der Waals surface area contributed by atoms with Crippen molar-refractivity contribution in [2.45, 2.75) is 70.5 Å². The van der Waals surface area contributed by atoms with Crippen LogP contribution in [0.4, 0.5) is 5.69 Å². The van der Waals surface area contributed by atoms with Crippen molar-refractivity contribution in [3.8, 4) is 0 Å². The van der Waals surface area contributed by atoms with Gasteiger partial charge in [0.25, 0.3) is 5.91 Å². The van der Waals surface area contributed by atoms with Crippen LogP contribution in [0.25, 0.3) is 0 Å². The molecule has 1 saturated carbocycles. The normalized spacial score (nSPS) is 30.8. The fourth-order valence-corrected chi connectivity index (χ4v) is 5.53. The molecule has 2 aliphatic heterocycles. The van der Waals surface area contributed by atoms with E-state index in [4.69, 9.17) is 0 Å². The second kappa shape index (κ2) is 7.69. The summed E-state index contributed by atoms with van der Waals surface area (Å²) in [6.45, 7) is 9.10. The number of hydrogen-bond donors (Lipinski definition) is 2. The number of rotatable bonds is 3. The van der Waals surface area contributed by atoms with Gasteiger partial charge in [0.05, 0.1) is 6.04 Å². The van der Waals surface area contributed by atoms with Crippen molar-refractivity contribution >= 4 is 11.6 Å². The molecule has 0 aromatic heterocycles. The molecule has 4 rings (SSSR count). The number of anilines is 1. The highest BCUT2D eigenvalue weighted by Gasteiger charge is 2.39. The van der Waals surface area contributed by atoms with Crippen molar-refractivity contribution in [3.05, 3.63) is 29.8 Å². The van der Waals surface area contributed by atoms with E-state index in [0.29, 0.717) is 5.91 Å². The van der Waals surface area contributed by atoms with Crippen molar-refractivity contribution in [3.63, 3.8) is 0 Å². The molecule has 26 heavy (non-hydrogen) atoms. The van der Waals surface area contributed by atoms with E-state index >= 15 is 0 Å². The van der Waals surface area contributed by atoms with E-state index in [9.17, 15) is 4.79 Å². The summed E-state index contributed by atoms with van der Waals surface area (Å²) >= 11 is 0. The predicted octanol–water partition coefficient (Wildman–Crippen LogP) is 0.469. The molecule has 142 valence electrons. The Hall–Kier alpha value is -1.39. The Morgan fingerprint density at radius 2 is 1.77 bits per heavy atom. The highest BCUT2D eigenvalue weighted by atomic mass is 16.2. The largest absolute Gasteiger partial charge is 0.323 e. The Kier molecular flexibility index (Phi) is 5.32. The van der Waals surface area contributed by atoms with Crippen LogP contribution in [0.1, 0.15) is 51.5 Å². The summed E-state index contributed by atoms with van der Waals surface area (Å²) in [5.41, 5.74) is 2.46. The Labute approximate surface area is 158 Å². The number of amides is 1. The van der Waals surface area contributed by atoms with Crippen LogP contribution < -0.4 is 14.7 Å². The molecular formula is C22H35N3O+2. The second-order valence-electron chi connectivity index (χ2n) is 8.76. The topological polar surface area (TPSA) is 29.2 Å². The van der Waals surface area contributed by atoms with Gasteiger partial charge in [0.15, 0.2) is 6.04 Å². The molecule has 2 N–H and O–H groups in total. The summed E-state index contributed by atoms with van der Waals surface area (Å²) in [6, 6.07) is 9.67. The molecule has 3 aliphatic rings. The number of fused-ring (bicyclic) bond motifs is 1. The van der Waals surface area contributed by atoms with Crippen LogP contribution in [-0.4, -0.2) is 50.2 Å². The predicted molar refractivity (Wildman–Crippen MR) is 105 cm³/mol. The highest BCUT2D eigenvalue weighted by molar-refractivity contribution is 5.98. The molecule has 2 atom stereocenters. The van der Waals surface area contributed by atoms with Crippen LogP contribution in [0.3, 0.4) is 0 Å². The van der Waals surface area contributed by atoms with Crippen LogP contribution in [0.15, 0.2) is 24.3 Å². The Balaban J connectivity index is 1.37. The monoisotopic (exact) mass is 357 g/mol. The zero-order chi connectivity index (χ0) is 18.1. The number of nitrogens with zero attached hydrogens (tertiary/aromatic N) is 1. The maximum absolute atomic E-state index is 13.3. The highest BCUT2D eigenvalue weighted by Crippen LogP contribution is 2.32. The van der Waals surface area contributed by atoms with Gasteiger partial charge in [-0.3, -0.25) is 4.79 Å². The maximum Gasteiger partial charge on any atom is 0.285 e. The number of carbonyl (C=O) groups is 1. The molecule has 4 heteroatoms. The van der Waals surface area contributed by atoms with Gasteiger partial charge in [-0.2, -0.15) is 0 Å². The first kappa shape index (κ1) is 18.0. The van der Waals surface area contributed by atoms with Crippen LogP contribution in [0.5, 0.6) is 0 Å². The van der Waals surface area contributed by atoms with E-state index < -0.39 is 0 Å². The minimum atomic E-state index is 0.0662. The van der Waals surface area contributed by atoms with Crippen molar-refractivity contribution < 1.29 is 14.6 Å². The molecule has 0 radical (unpaired) electrons. The van der Waals surface area contributed by atoms with Gasteiger partial charge in [0.2, 0.25) is 0 Å². The SMILES string of the molecule is C[C@@H]1Cc2ccccc2N1C(=O)[C@@H](C)[NH+]1CC[NH+](C2CCCCC2)CC1. The summed E-state index contributed by atoms with van der Waals surface area (Å²) in [4.78, 5) is 18.7. The van der Waals surface area contributed by atoms with Crippen LogP contribution in [0, 0.1) is 0 Å². The first-order chi connectivity index (χ1) is 12.6. The molecule has 1 aliphatic carbocycles. The lowest BCUT2D eigenvalue weighted by molar-refractivity contribution is -1.03. The van der Waals surface area contributed by atoms with Gasteiger partial charge in [0, 0.05) is 11.7 Å². The van der Waals surface area contributed by atoms with Crippen LogP contribution in [0.2, 0.25) is 0 Å². The molecular weight excluding hydrogens is 322 g/mol. The van der Waals surface area contributed by atoms with Gasteiger partial charge < -0.3 is 14.7 Å². The Morgan fingerprint density at radius 3 is 2.50 bits per heavy atom. The minimum Gasteiger partial charge on any atom is -0.323 e. The standard InChI is InChI=1S/C22H33N3O/c1-17-16-19-8-6-7-11-21(19)25(17)22(26)18(2)23-12-14-24(15-13-23)20-9-4-3-5-10-20/h6-8,11,17-18,20H,3-5,9-10,12-16H2,1-2H3/p+2/t17-,18-/m1/s1. The molecule has 2 heterocycles. The van der Waals surface area contributed by atoms with E-state index in [-0.39, 0.29) is 12.1 Å². The summed E-state index contributed by atoms with van der Waals surface area (Å²) in [5, 5.41) is 0. The van der Waals surface area contributed by atoms with Gasteiger partial charge in [-0.25, -0.2) is 0 Å². The molecule has 1 aromatic carbocycles. The summed E-state index contributed by atoms with van der Waals surface area (Å²) in [6.07, 6.45) is 8.10. The number of quaternary nitrogens is 2. The van der Waals surface area contributed by atoms with E-state index in [1.165, 1.54) is 55.7 Å². The van der Waals surface area contributed by atoms with E-state index in [2.05, 4.69) is 43.0 Å². The third-order valence-electron chi connectivity index (χ3n) is 7.14. The summed E-state index contributed by atoms with van der Waals surface area (Å²) < 4.78 is 0. The van der Waals surface area contributed by atoms with E-state index in [1.807, 2.05) is 4.90 Å². The van der Waals surface area contributed by atoms with Gasteiger partial charge in [-0.15, -0.1) is 0 Å². The number of benzene rings is 1. The number of carbonyl (C=O) groups excluding carboxylic acids is 1. The van der Waals surface area contributed by atoms with Gasteiger partial charge in [0.1, 0.15) is 26.2 Å². The van der Waals surface area contributed by atoms with Gasteiger partial charge in [-0.05, 0) is 57.6 Å². The second-order valence-corrected chi connectivity index (χ2v) is 8.76. The molecule has 0 bridgehead atoms. The third-order valence-corrected chi connectivity index (χ3v) is 7.14. The fourth-order valence-electron chi connectivity index (χ4n) is 5.53. The first-order valence-electron chi connectivity index (χ1n) is 10.8. The minimum absolute atomic E-state index is 0.0662. The molecule has 0 spiro atoms. The summed E-state index contributed by atoms with van der Waals surface area (Å²) in [7, 11) is 0. The van der Waals surface area contributed by atoms with Crippen molar-refractivity contribution in [2.75, 3.05) is 31.1 Å². The maximum atomic E-state index is 13.3. The average Bonchev–Trinajstić information content (AvgIpc) is 3.03. The van der Waals surface area contributed by atoms with E-state index in [1.54, 1.807) is 0 Å². The Morgan fingerprint density at radius 1 is 1.08 bits per heavy atom. The molecule has 1 amide bonds. The lowest BCUT2D eigenvalue weighted by atomic mass is 9.93. The zero-order valence-electron chi connectivity index (χ0n) is 16.5. The van der Waals surface area contributed by atoms with Gasteiger partial charge >= 0.3 is 0 Å². The summed E-state index contributed by atoms with van der Waals surface area (Å²) in [5.74, 6) is 0.318. The quantitative estimate of drug-likeness (QED) is 0.809. The number of hydrogen-bond acceptors (Lipinski definition) is 1. The molecule has 2 fully saturated rings.